The van der Waals surface area contributed by atoms with Crippen molar-refractivity contribution in [2.45, 2.75) is 32.2 Å². The lowest BCUT2D eigenvalue weighted by molar-refractivity contribution is -0.137. The van der Waals surface area contributed by atoms with Gasteiger partial charge in [0.2, 0.25) is 0 Å². The molecule has 0 amide bonds. The zero-order chi connectivity index (χ0) is 13.8. The fraction of sp³-hybridized carbons (Fsp3) is 0.385. The minimum absolute atomic E-state index is 0.157. The summed E-state index contributed by atoms with van der Waals surface area (Å²) >= 11 is 0. The summed E-state index contributed by atoms with van der Waals surface area (Å²) in [7, 11) is 0. The summed E-state index contributed by atoms with van der Waals surface area (Å²) in [5, 5.41) is 8.50. The Bertz CT molecular complexity index is 596. The normalized spacial score (nSPS) is 11.1. The van der Waals surface area contributed by atoms with Crippen LogP contribution in [0, 0.1) is 11.6 Å². The number of nitrogens with zero attached hydrogens (tertiary/aromatic N) is 2. The molecule has 0 atom stereocenters. The molecule has 2 rings (SSSR count). The Kier molecular flexibility index (Phi) is 4.09. The molecule has 1 N–H and O–H groups in total. The lowest BCUT2D eigenvalue weighted by Crippen LogP contribution is -1.98. The van der Waals surface area contributed by atoms with E-state index in [9.17, 15) is 13.6 Å². The first kappa shape index (κ1) is 13.5. The maximum atomic E-state index is 13.2. The number of hydrogen-bond donors (Lipinski definition) is 1. The predicted octanol–water partition coefficient (Wildman–Crippen LogP) is 2.96. The Hall–Kier alpha value is -1.98. The standard InChI is InChI=1S/C13H14F2N2O2/c14-9-6-11-12(7-10(9)15)17(8-16-11)5-3-1-2-4-13(18)19/h6-8H,1-5H2,(H,18,19). The molecule has 0 spiro atoms. The molecule has 1 aromatic carbocycles. The van der Waals surface area contributed by atoms with Gasteiger partial charge in [-0.05, 0) is 12.8 Å². The van der Waals surface area contributed by atoms with Gasteiger partial charge in [-0.3, -0.25) is 4.79 Å². The van der Waals surface area contributed by atoms with Crippen molar-refractivity contribution in [3.05, 3.63) is 30.1 Å². The fourth-order valence-electron chi connectivity index (χ4n) is 1.97. The smallest absolute Gasteiger partial charge is 0.303 e. The van der Waals surface area contributed by atoms with Crippen LogP contribution in [0.2, 0.25) is 0 Å². The second kappa shape index (κ2) is 5.77. The van der Waals surface area contributed by atoms with E-state index in [0.717, 1.165) is 25.0 Å². The van der Waals surface area contributed by atoms with Crippen molar-refractivity contribution < 1.29 is 18.7 Å². The Morgan fingerprint density at radius 3 is 2.68 bits per heavy atom. The minimum Gasteiger partial charge on any atom is -0.481 e. The van der Waals surface area contributed by atoms with E-state index in [2.05, 4.69) is 4.98 Å². The highest BCUT2D eigenvalue weighted by atomic mass is 19.2. The first-order valence-corrected chi connectivity index (χ1v) is 6.09. The third-order valence-electron chi connectivity index (χ3n) is 2.95. The van der Waals surface area contributed by atoms with Gasteiger partial charge in [0.25, 0.3) is 0 Å². The zero-order valence-corrected chi connectivity index (χ0v) is 10.3. The van der Waals surface area contributed by atoms with E-state index in [-0.39, 0.29) is 6.42 Å². The number of halogens is 2. The number of carboxylic acids is 1. The van der Waals surface area contributed by atoms with Crippen LogP contribution in [-0.4, -0.2) is 20.6 Å². The Morgan fingerprint density at radius 1 is 1.21 bits per heavy atom. The van der Waals surface area contributed by atoms with Crippen LogP contribution in [0.25, 0.3) is 11.0 Å². The van der Waals surface area contributed by atoms with Crippen LogP contribution in [0.3, 0.4) is 0 Å². The van der Waals surface area contributed by atoms with E-state index in [1.165, 1.54) is 0 Å². The van der Waals surface area contributed by atoms with Crippen LogP contribution >= 0.6 is 0 Å². The molecule has 0 radical (unpaired) electrons. The largest absolute Gasteiger partial charge is 0.481 e. The second-order valence-electron chi connectivity index (χ2n) is 4.40. The molecule has 0 saturated heterocycles. The van der Waals surface area contributed by atoms with Crippen molar-refractivity contribution >= 4 is 17.0 Å². The van der Waals surface area contributed by atoms with Crippen LogP contribution in [0.4, 0.5) is 8.78 Å². The second-order valence-corrected chi connectivity index (χ2v) is 4.40. The van der Waals surface area contributed by atoms with Gasteiger partial charge in [0.1, 0.15) is 0 Å². The summed E-state index contributed by atoms with van der Waals surface area (Å²) in [6.07, 6.45) is 3.86. The number of fused-ring (bicyclic) bond motifs is 1. The van der Waals surface area contributed by atoms with Crippen LogP contribution in [-0.2, 0) is 11.3 Å². The van der Waals surface area contributed by atoms with Crippen molar-refractivity contribution in [2.24, 2.45) is 0 Å². The van der Waals surface area contributed by atoms with E-state index in [0.29, 0.717) is 24.0 Å². The highest BCUT2D eigenvalue weighted by molar-refractivity contribution is 5.75. The van der Waals surface area contributed by atoms with Crippen molar-refractivity contribution in [2.75, 3.05) is 0 Å². The third kappa shape index (κ3) is 3.27. The van der Waals surface area contributed by atoms with E-state index in [4.69, 9.17) is 5.11 Å². The number of carbonyl (C=O) groups is 1. The van der Waals surface area contributed by atoms with E-state index >= 15 is 0 Å². The van der Waals surface area contributed by atoms with Gasteiger partial charge in [0.15, 0.2) is 11.6 Å². The molecule has 1 aromatic heterocycles. The highest BCUT2D eigenvalue weighted by Gasteiger charge is 2.08. The zero-order valence-electron chi connectivity index (χ0n) is 10.3. The van der Waals surface area contributed by atoms with Gasteiger partial charge in [0, 0.05) is 25.1 Å². The SMILES string of the molecule is O=C(O)CCCCCn1cnc2cc(F)c(F)cc21. The van der Waals surface area contributed by atoms with Crippen molar-refractivity contribution in [3.63, 3.8) is 0 Å². The number of aromatic nitrogens is 2. The first-order chi connectivity index (χ1) is 9.08. The van der Waals surface area contributed by atoms with Crippen molar-refractivity contribution in [1.82, 2.24) is 9.55 Å². The summed E-state index contributed by atoms with van der Waals surface area (Å²) < 4.78 is 27.9. The average Bonchev–Trinajstić information content (AvgIpc) is 2.72. The number of unbranched alkanes of at least 4 members (excludes halogenated alkanes) is 2. The summed E-state index contributed by atoms with van der Waals surface area (Å²) in [6, 6.07) is 2.21. The monoisotopic (exact) mass is 268 g/mol. The molecule has 102 valence electrons. The molecule has 0 aliphatic heterocycles. The maximum absolute atomic E-state index is 13.2. The van der Waals surface area contributed by atoms with Crippen LogP contribution in [0.1, 0.15) is 25.7 Å². The average molecular weight is 268 g/mol. The molecule has 0 aliphatic carbocycles. The number of hydrogen-bond acceptors (Lipinski definition) is 2. The molecule has 0 fully saturated rings. The Balaban J connectivity index is 1.97. The van der Waals surface area contributed by atoms with Crippen molar-refractivity contribution in [1.29, 1.82) is 0 Å². The van der Waals surface area contributed by atoms with Gasteiger partial charge >= 0.3 is 5.97 Å². The minimum atomic E-state index is -0.904. The number of aliphatic carboxylic acids is 1. The Morgan fingerprint density at radius 2 is 1.95 bits per heavy atom. The lowest BCUT2D eigenvalue weighted by Gasteiger charge is -2.04. The summed E-state index contributed by atoms with van der Waals surface area (Å²) in [5.74, 6) is -2.59. The molecule has 2 aromatic rings. The molecular formula is C13H14F2N2O2. The molecule has 1 heterocycles. The number of carboxylic acid groups (broad SMARTS) is 1. The number of imidazole rings is 1. The van der Waals surface area contributed by atoms with Crippen LogP contribution in [0.5, 0.6) is 0 Å². The Labute approximate surface area is 108 Å². The molecule has 0 aliphatic rings. The first-order valence-electron chi connectivity index (χ1n) is 6.09. The van der Waals surface area contributed by atoms with Gasteiger partial charge in [-0.15, -0.1) is 0 Å². The van der Waals surface area contributed by atoms with E-state index < -0.39 is 17.6 Å². The van der Waals surface area contributed by atoms with Crippen LogP contribution in [0.15, 0.2) is 18.5 Å². The molecule has 19 heavy (non-hydrogen) atoms. The molecule has 0 bridgehead atoms. The summed E-state index contributed by atoms with van der Waals surface area (Å²) in [6.45, 7) is 0.612. The van der Waals surface area contributed by atoms with Gasteiger partial charge in [-0.1, -0.05) is 6.42 Å². The number of rotatable bonds is 6. The molecule has 0 unspecified atom stereocenters. The molecular weight excluding hydrogens is 254 g/mol. The summed E-state index contributed by atoms with van der Waals surface area (Å²) in [4.78, 5) is 14.4. The highest BCUT2D eigenvalue weighted by Crippen LogP contribution is 2.18. The van der Waals surface area contributed by atoms with Gasteiger partial charge in [-0.2, -0.15) is 0 Å². The molecule has 6 heteroatoms. The third-order valence-corrected chi connectivity index (χ3v) is 2.95. The van der Waals surface area contributed by atoms with E-state index in [1.54, 1.807) is 10.9 Å². The van der Waals surface area contributed by atoms with Gasteiger partial charge in [-0.25, -0.2) is 13.8 Å². The number of aryl methyl sites for hydroxylation is 1. The van der Waals surface area contributed by atoms with Crippen LogP contribution < -0.4 is 0 Å². The number of benzene rings is 1. The van der Waals surface area contributed by atoms with Crippen molar-refractivity contribution in [3.8, 4) is 0 Å². The van der Waals surface area contributed by atoms with Gasteiger partial charge < -0.3 is 9.67 Å². The summed E-state index contributed by atoms with van der Waals surface area (Å²) in [5.41, 5.74) is 0.974. The fourth-order valence-corrected chi connectivity index (χ4v) is 1.97. The maximum Gasteiger partial charge on any atom is 0.303 e. The van der Waals surface area contributed by atoms with Gasteiger partial charge in [0.05, 0.1) is 17.4 Å². The topological polar surface area (TPSA) is 55.1 Å². The molecule has 4 nitrogen and oxygen atoms in total. The van der Waals surface area contributed by atoms with E-state index in [1.807, 2.05) is 0 Å². The molecule has 0 saturated carbocycles. The lowest BCUT2D eigenvalue weighted by atomic mass is 10.2. The quantitative estimate of drug-likeness (QED) is 0.819. The predicted molar refractivity (Wildman–Crippen MR) is 65.8 cm³/mol.